The molecule has 28 heavy (non-hydrogen) atoms. The number of benzene rings is 2. The van der Waals surface area contributed by atoms with Gasteiger partial charge in [0.2, 0.25) is 0 Å². The molecule has 0 radical (unpaired) electrons. The first-order chi connectivity index (χ1) is 13.7. The van der Waals surface area contributed by atoms with Crippen molar-refractivity contribution in [2.75, 3.05) is 21.3 Å². The number of hydrogen-bond acceptors (Lipinski definition) is 5. The maximum atomic E-state index is 11.5. The van der Waals surface area contributed by atoms with Gasteiger partial charge in [0.25, 0.3) is 0 Å². The van der Waals surface area contributed by atoms with E-state index in [-0.39, 0.29) is 5.97 Å². The van der Waals surface area contributed by atoms with Crippen LogP contribution in [0.5, 0.6) is 11.5 Å². The Hall–Kier alpha value is -3.28. The number of para-hydroxylation sites is 1. The molecule has 3 aromatic rings. The minimum Gasteiger partial charge on any atom is -0.493 e. The lowest BCUT2D eigenvalue weighted by atomic mass is 10.0. The van der Waals surface area contributed by atoms with E-state index in [2.05, 4.69) is 4.98 Å². The van der Waals surface area contributed by atoms with E-state index < -0.39 is 0 Å². The summed E-state index contributed by atoms with van der Waals surface area (Å²) in [6, 6.07) is 15.8. The maximum Gasteiger partial charge on any atom is 0.305 e. The lowest BCUT2D eigenvalue weighted by molar-refractivity contribution is -0.140. The van der Waals surface area contributed by atoms with Gasteiger partial charge >= 0.3 is 5.97 Å². The predicted octanol–water partition coefficient (Wildman–Crippen LogP) is 4.19. The molecule has 146 valence electrons. The lowest BCUT2D eigenvalue weighted by Gasteiger charge is -2.16. The fraction of sp³-hybridized carbons (Fsp3) is 0.273. The van der Waals surface area contributed by atoms with Gasteiger partial charge in [-0.1, -0.05) is 36.4 Å². The number of esters is 1. The van der Waals surface area contributed by atoms with Crippen molar-refractivity contribution in [3.8, 4) is 34.0 Å². The Morgan fingerprint density at radius 2 is 1.79 bits per heavy atom. The Kier molecular flexibility index (Phi) is 6.32. The van der Waals surface area contributed by atoms with E-state index >= 15 is 0 Å². The fourth-order valence-corrected chi connectivity index (χ4v) is 3.21. The summed E-state index contributed by atoms with van der Waals surface area (Å²) in [5.74, 6) is 1.09. The van der Waals surface area contributed by atoms with Crippen molar-refractivity contribution in [3.05, 3.63) is 54.9 Å². The van der Waals surface area contributed by atoms with Gasteiger partial charge in [-0.15, -0.1) is 0 Å². The molecule has 6 heteroatoms. The molecule has 3 rings (SSSR count). The van der Waals surface area contributed by atoms with Crippen molar-refractivity contribution in [1.82, 2.24) is 9.55 Å². The number of nitrogens with zero attached hydrogens (tertiary/aromatic N) is 2. The van der Waals surface area contributed by atoms with Crippen LogP contribution in [0, 0.1) is 0 Å². The quantitative estimate of drug-likeness (QED) is 0.549. The van der Waals surface area contributed by atoms with Gasteiger partial charge in [0.15, 0.2) is 11.5 Å². The van der Waals surface area contributed by atoms with Crippen LogP contribution in [0.3, 0.4) is 0 Å². The van der Waals surface area contributed by atoms with Gasteiger partial charge in [0, 0.05) is 24.1 Å². The minimum absolute atomic E-state index is 0.219. The zero-order valence-corrected chi connectivity index (χ0v) is 16.3. The predicted molar refractivity (Wildman–Crippen MR) is 107 cm³/mol. The third-order valence-corrected chi connectivity index (χ3v) is 4.55. The molecule has 0 amide bonds. The van der Waals surface area contributed by atoms with Crippen LogP contribution < -0.4 is 9.47 Å². The number of aryl methyl sites for hydroxylation is 1. The number of aromatic nitrogens is 2. The molecule has 0 unspecified atom stereocenters. The molecule has 0 saturated heterocycles. The highest BCUT2D eigenvalue weighted by Gasteiger charge is 2.20. The van der Waals surface area contributed by atoms with E-state index in [1.807, 2.05) is 53.1 Å². The van der Waals surface area contributed by atoms with Crippen molar-refractivity contribution in [2.45, 2.75) is 19.4 Å². The zero-order chi connectivity index (χ0) is 19.9. The lowest BCUT2D eigenvalue weighted by Crippen LogP contribution is -2.05. The summed E-state index contributed by atoms with van der Waals surface area (Å²) in [6.07, 6.45) is 2.80. The monoisotopic (exact) mass is 380 g/mol. The number of methoxy groups -OCH3 is 3. The van der Waals surface area contributed by atoms with Gasteiger partial charge in [-0.3, -0.25) is 4.79 Å². The van der Waals surface area contributed by atoms with Gasteiger partial charge in [0.05, 0.1) is 39.0 Å². The molecule has 0 N–H and O–H groups in total. The molecule has 0 atom stereocenters. The van der Waals surface area contributed by atoms with Gasteiger partial charge in [0.1, 0.15) is 0 Å². The zero-order valence-electron chi connectivity index (χ0n) is 16.3. The van der Waals surface area contributed by atoms with E-state index in [0.29, 0.717) is 30.9 Å². The first-order valence-corrected chi connectivity index (χ1v) is 9.08. The third-order valence-electron chi connectivity index (χ3n) is 4.55. The van der Waals surface area contributed by atoms with Crippen molar-refractivity contribution in [1.29, 1.82) is 0 Å². The molecule has 6 nitrogen and oxygen atoms in total. The van der Waals surface area contributed by atoms with Gasteiger partial charge in [-0.05, 0) is 18.6 Å². The smallest absolute Gasteiger partial charge is 0.305 e. The summed E-state index contributed by atoms with van der Waals surface area (Å²) in [5.41, 5.74) is 3.67. The van der Waals surface area contributed by atoms with Crippen LogP contribution in [-0.2, 0) is 16.1 Å². The van der Waals surface area contributed by atoms with Crippen molar-refractivity contribution < 1.29 is 19.0 Å². The van der Waals surface area contributed by atoms with E-state index in [9.17, 15) is 4.79 Å². The third kappa shape index (κ3) is 4.01. The summed E-state index contributed by atoms with van der Waals surface area (Å²) in [5, 5.41) is 0. The topological polar surface area (TPSA) is 62.6 Å². The Bertz CT molecular complexity index is 935. The second kappa shape index (κ2) is 9.08. The molecule has 2 aromatic carbocycles. The van der Waals surface area contributed by atoms with Crippen molar-refractivity contribution in [2.24, 2.45) is 0 Å². The molecule has 0 bridgehead atoms. The second-order valence-electron chi connectivity index (χ2n) is 6.22. The van der Waals surface area contributed by atoms with E-state index in [4.69, 9.17) is 14.2 Å². The maximum absolute atomic E-state index is 11.5. The summed E-state index contributed by atoms with van der Waals surface area (Å²) in [4.78, 5) is 16.1. The molecule has 0 fully saturated rings. The average molecular weight is 380 g/mol. The van der Waals surface area contributed by atoms with Crippen LogP contribution in [0.25, 0.3) is 22.5 Å². The van der Waals surface area contributed by atoms with Crippen LogP contribution >= 0.6 is 0 Å². The highest BCUT2D eigenvalue weighted by atomic mass is 16.5. The molecule has 0 spiro atoms. The molecule has 0 aliphatic heterocycles. The Labute approximate surface area is 164 Å². The molecule has 0 aliphatic rings. The van der Waals surface area contributed by atoms with Gasteiger partial charge < -0.3 is 18.8 Å². The normalized spacial score (nSPS) is 10.5. The van der Waals surface area contributed by atoms with Crippen molar-refractivity contribution in [3.63, 3.8) is 0 Å². The standard InChI is InChI=1S/C22H24N2O4/c1-26-18-12-7-11-17(22(18)28-3)21-20(16-9-5-4-6-10-16)23-15-24(21)14-8-13-19(25)27-2/h4-7,9-12,15H,8,13-14H2,1-3H3. The number of carbonyl (C=O) groups excluding carboxylic acids is 1. The number of carbonyl (C=O) groups is 1. The number of ether oxygens (including phenoxy) is 3. The minimum atomic E-state index is -0.219. The van der Waals surface area contributed by atoms with E-state index in [1.54, 1.807) is 20.5 Å². The number of imidazole rings is 1. The average Bonchev–Trinajstić information content (AvgIpc) is 3.17. The fourth-order valence-electron chi connectivity index (χ4n) is 3.21. The SMILES string of the molecule is COC(=O)CCCn1cnc(-c2ccccc2)c1-c1cccc(OC)c1OC. The van der Waals surface area contributed by atoms with Crippen LogP contribution in [0.2, 0.25) is 0 Å². The largest absolute Gasteiger partial charge is 0.493 e. The Morgan fingerprint density at radius 3 is 2.46 bits per heavy atom. The molecule has 0 aliphatic carbocycles. The summed E-state index contributed by atoms with van der Waals surface area (Å²) in [7, 11) is 4.65. The highest BCUT2D eigenvalue weighted by Crippen LogP contribution is 2.41. The number of hydrogen-bond donors (Lipinski definition) is 0. The molecular weight excluding hydrogens is 356 g/mol. The summed E-state index contributed by atoms with van der Waals surface area (Å²) < 4.78 is 17.9. The second-order valence-corrected chi connectivity index (χ2v) is 6.22. The van der Waals surface area contributed by atoms with E-state index in [1.165, 1.54) is 7.11 Å². The van der Waals surface area contributed by atoms with Crippen LogP contribution in [0.1, 0.15) is 12.8 Å². The van der Waals surface area contributed by atoms with Gasteiger partial charge in [-0.25, -0.2) is 4.98 Å². The van der Waals surface area contributed by atoms with Crippen LogP contribution in [-0.4, -0.2) is 36.8 Å². The Morgan fingerprint density at radius 1 is 1.00 bits per heavy atom. The molecule has 1 aromatic heterocycles. The Balaban J connectivity index is 2.09. The van der Waals surface area contributed by atoms with Crippen LogP contribution in [0.15, 0.2) is 54.9 Å². The molecule has 1 heterocycles. The molecular formula is C22H24N2O4. The van der Waals surface area contributed by atoms with Crippen LogP contribution in [0.4, 0.5) is 0 Å². The number of rotatable bonds is 8. The summed E-state index contributed by atoms with van der Waals surface area (Å²) in [6.45, 7) is 0.630. The summed E-state index contributed by atoms with van der Waals surface area (Å²) >= 11 is 0. The highest BCUT2D eigenvalue weighted by molar-refractivity contribution is 5.83. The van der Waals surface area contributed by atoms with E-state index in [0.717, 1.165) is 22.5 Å². The first-order valence-electron chi connectivity index (χ1n) is 9.08. The first kappa shape index (κ1) is 19.5. The molecule has 0 saturated carbocycles. The van der Waals surface area contributed by atoms with Gasteiger partial charge in [-0.2, -0.15) is 0 Å². The van der Waals surface area contributed by atoms with Crippen molar-refractivity contribution >= 4 is 5.97 Å².